The Morgan fingerprint density at radius 1 is 1.43 bits per heavy atom. The SMILES string of the molecule is CC(C)CC(C)OCCC(=O)Nc1ccn(CC(=O)O)n1. The Hall–Kier alpha value is -1.89. The maximum Gasteiger partial charge on any atom is 0.325 e. The Balaban J connectivity index is 2.27. The van der Waals surface area contributed by atoms with Crippen molar-refractivity contribution in [3.8, 4) is 0 Å². The van der Waals surface area contributed by atoms with Crippen LogP contribution in [0.5, 0.6) is 0 Å². The summed E-state index contributed by atoms with van der Waals surface area (Å²) >= 11 is 0. The summed E-state index contributed by atoms with van der Waals surface area (Å²) in [5.74, 6) is -0.278. The number of aliphatic carboxylic acids is 1. The fourth-order valence-electron chi connectivity index (χ4n) is 1.95. The van der Waals surface area contributed by atoms with E-state index < -0.39 is 5.97 Å². The molecule has 0 fully saturated rings. The Labute approximate surface area is 124 Å². The Kier molecular flexibility index (Phi) is 6.87. The van der Waals surface area contributed by atoms with Gasteiger partial charge in [-0.3, -0.25) is 14.3 Å². The molecule has 0 aromatic carbocycles. The standard InChI is InChI=1S/C14H23N3O4/c1-10(2)8-11(3)21-7-5-13(18)15-12-4-6-17(16-12)9-14(19)20/h4,6,10-11H,5,7-9H2,1-3H3,(H,19,20)(H,15,16,18). The van der Waals surface area contributed by atoms with Gasteiger partial charge in [0.1, 0.15) is 6.54 Å². The predicted octanol–water partition coefficient (Wildman–Crippen LogP) is 1.75. The van der Waals surface area contributed by atoms with Gasteiger partial charge in [-0.15, -0.1) is 0 Å². The molecule has 1 unspecified atom stereocenters. The molecule has 0 aliphatic carbocycles. The smallest absolute Gasteiger partial charge is 0.325 e. The van der Waals surface area contributed by atoms with Gasteiger partial charge in [-0.25, -0.2) is 0 Å². The van der Waals surface area contributed by atoms with Gasteiger partial charge in [0.25, 0.3) is 0 Å². The highest BCUT2D eigenvalue weighted by Crippen LogP contribution is 2.08. The second-order valence-electron chi connectivity index (χ2n) is 5.40. The van der Waals surface area contributed by atoms with Crippen LogP contribution in [0.4, 0.5) is 5.82 Å². The molecule has 7 nitrogen and oxygen atoms in total. The third-order valence-corrected chi connectivity index (χ3v) is 2.74. The van der Waals surface area contributed by atoms with Gasteiger partial charge in [-0.05, 0) is 19.3 Å². The van der Waals surface area contributed by atoms with Crippen molar-refractivity contribution in [2.24, 2.45) is 5.92 Å². The predicted molar refractivity (Wildman–Crippen MR) is 78.0 cm³/mol. The summed E-state index contributed by atoms with van der Waals surface area (Å²) in [4.78, 5) is 22.2. The maximum atomic E-state index is 11.7. The largest absolute Gasteiger partial charge is 0.480 e. The third-order valence-electron chi connectivity index (χ3n) is 2.74. The number of hydrogen-bond acceptors (Lipinski definition) is 4. The van der Waals surface area contributed by atoms with Crippen molar-refractivity contribution < 1.29 is 19.4 Å². The van der Waals surface area contributed by atoms with Crippen molar-refractivity contribution in [3.63, 3.8) is 0 Å². The van der Waals surface area contributed by atoms with E-state index in [2.05, 4.69) is 24.3 Å². The van der Waals surface area contributed by atoms with Crippen molar-refractivity contribution >= 4 is 17.7 Å². The van der Waals surface area contributed by atoms with Crippen LogP contribution in [0.3, 0.4) is 0 Å². The average molecular weight is 297 g/mol. The van der Waals surface area contributed by atoms with Gasteiger partial charge in [0, 0.05) is 12.3 Å². The summed E-state index contributed by atoms with van der Waals surface area (Å²) in [6.45, 7) is 6.37. The van der Waals surface area contributed by atoms with Gasteiger partial charge in [-0.2, -0.15) is 5.10 Å². The van der Waals surface area contributed by atoms with E-state index in [0.29, 0.717) is 18.3 Å². The molecule has 21 heavy (non-hydrogen) atoms. The quantitative estimate of drug-likeness (QED) is 0.724. The number of aromatic nitrogens is 2. The molecule has 118 valence electrons. The summed E-state index contributed by atoms with van der Waals surface area (Å²) in [7, 11) is 0. The molecule has 0 aliphatic rings. The first kappa shape index (κ1) is 17.2. The summed E-state index contributed by atoms with van der Waals surface area (Å²) in [6.07, 6.45) is 2.84. The second kappa shape index (κ2) is 8.41. The minimum Gasteiger partial charge on any atom is -0.480 e. The maximum absolute atomic E-state index is 11.7. The highest BCUT2D eigenvalue weighted by molar-refractivity contribution is 5.89. The molecule has 1 aromatic heterocycles. The molecule has 1 aromatic rings. The number of amides is 1. The number of carboxylic acids is 1. The lowest BCUT2D eigenvalue weighted by Crippen LogP contribution is -2.18. The number of carbonyl (C=O) groups excluding carboxylic acids is 1. The van der Waals surface area contributed by atoms with Gasteiger partial charge in [0.15, 0.2) is 5.82 Å². The molecule has 0 bridgehead atoms. The molecule has 7 heteroatoms. The molecular weight excluding hydrogens is 274 g/mol. The molecule has 1 heterocycles. The van der Waals surface area contributed by atoms with Gasteiger partial charge < -0.3 is 15.2 Å². The summed E-state index contributed by atoms with van der Waals surface area (Å²) < 4.78 is 6.80. The molecular formula is C14H23N3O4. The molecule has 0 saturated heterocycles. The van der Waals surface area contributed by atoms with E-state index in [1.165, 1.54) is 10.9 Å². The van der Waals surface area contributed by atoms with Crippen LogP contribution in [0.2, 0.25) is 0 Å². The van der Waals surface area contributed by atoms with Gasteiger partial charge >= 0.3 is 5.97 Å². The molecule has 0 saturated carbocycles. The Morgan fingerprint density at radius 2 is 2.14 bits per heavy atom. The molecule has 1 amide bonds. The van der Waals surface area contributed by atoms with Crippen LogP contribution in [0.25, 0.3) is 0 Å². The van der Waals surface area contributed by atoms with E-state index in [4.69, 9.17) is 9.84 Å². The molecule has 2 N–H and O–H groups in total. The molecule has 0 aliphatic heterocycles. The van der Waals surface area contributed by atoms with Crippen LogP contribution in [0.1, 0.15) is 33.6 Å². The number of carbonyl (C=O) groups is 2. The molecule has 0 spiro atoms. The first-order chi connectivity index (χ1) is 9.86. The van der Waals surface area contributed by atoms with Gasteiger partial charge in [0.2, 0.25) is 5.91 Å². The Morgan fingerprint density at radius 3 is 2.76 bits per heavy atom. The number of ether oxygens (including phenoxy) is 1. The lowest BCUT2D eigenvalue weighted by atomic mass is 10.1. The number of rotatable bonds is 9. The van der Waals surface area contributed by atoms with Crippen LogP contribution >= 0.6 is 0 Å². The van der Waals surface area contributed by atoms with E-state index in [1.54, 1.807) is 6.07 Å². The summed E-state index contributed by atoms with van der Waals surface area (Å²) in [5, 5.41) is 15.2. The van der Waals surface area contributed by atoms with E-state index in [9.17, 15) is 9.59 Å². The van der Waals surface area contributed by atoms with Crippen LogP contribution in [-0.4, -0.2) is 39.5 Å². The number of anilines is 1. The number of nitrogens with zero attached hydrogens (tertiary/aromatic N) is 2. The minimum absolute atomic E-state index is 0.132. The van der Waals surface area contributed by atoms with E-state index in [-0.39, 0.29) is 25.0 Å². The zero-order valence-electron chi connectivity index (χ0n) is 12.7. The van der Waals surface area contributed by atoms with Crippen molar-refractivity contribution in [1.82, 2.24) is 9.78 Å². The van der Waals surface area contributed by atoms with Crippen molar-refractivity contribution in [2.75, 3.05) is 11.9 Å². The minimum atomic E-state index is -0.983. The van der Waals surface area contributed by atoms with Crippen molar-refractivity contribution in [3.05, 3.63) is 12.3 Å². The topological polar surface area (TPSA) is 93.5 Å². The highest BCUT2D eigenvalue weighted by Gasteiger charge is 2.09. The van der Waals surface area contributed by atoms with Crippen LogP contribution in [0, 0.1) is 5.92 Å². The lowest BCUT2D eigenvalue weighted by molar-refractivity contribution is -0.137. The zero-order chi connectivity index (χ0) is 15.8. The zero-order valence-corrected chi connectivity index (χ0v) is 12.7. The van der Waals surface area contributed by atoms with Gasteiger partial charge in [-0.1, -0.05) is 13.8 Å². The first-order valence-corrected chi connectivity index (χ1v) is 7.03. The van der Waals surface area contributed by atoms with Crippen LogP contribution in [-0.2, 0) is 20.9 Å². The Bertz CT molecular complexity index is 471. The normalized spacial score (nSPS) is 12.4. The van der Waals surface area contributed by atoms with E-state index in [1.807, 2.05) is 6.92 Å². The van der Waals surface area contributed by atoms with Crippen LogP contribution in [0.15, 0.2) is 12.3 Å². The number of carboxylic acid groups (broad SMARTS) is 1. The fraction of sp³-hybridized carbons (Fsp3) is 0.643. The molecule has 1 rings (SSSR count). The summed E-state index contributed by atoms with van der Waals surface area (Å²) in [5.41, 5.74) is 0. The summed E-state index contributed by atoms with van der Waals surface area (Å²) in [6, 6.07) is 1.56. The van der Waals surface area contributed by atoms with Gasteiger partial charge in [0.05, 0.1) is 19.1 Å². The number of hydrogen-bond donors (Lipinski definition) is 2. The highest BCUT2D eigenvalue weighted by atomic mass is 16.5. The lowest BCUT2D eigenvalue weighted by Gasteiger charge is -2.14. The fourth-order valence-corrected chi connectivity index (χ4v) is 1.95. The van der Waals surface area contributed by atoms with E-state index >= 15 is 0 Å². The van der Waals surface area contributed by atoms with E-state index in [0.717, 1.165) is 6.42 Å². The monoisotopic (exact) mass is 297 g/mol. The third kappa shape index (κ3) is 7.45. The number of nitrogens with one attached hydrogen (secondary N) is 1. The second-order valence-corrected chi connectivity index (χ2v) is 5.40. The van der Waals surface area contributed by atoms with Crippen molar-refractivity contribution in [2.45, 2.75) is 46.3 Å². The van der Waals surface area contributed by atoms with Crippen molar-refractivity contribution in [1.29, 1.82) is 0 Å². The molecule has 0 radical (unpaired) electrons. The molecule has 1 atom stereocenters. The van der Waals surface area contributed by atoms with Crippen LogP contribution < -0.4 is 5.32 Å². The first-order valence-electron chi connectivity index (χ1n) is 7.03. The average Bonchev–Trinajstić information content (AvgIpc) is 2.74.